The summed E-state index contributed by atoms with van der Waals surface area (Å²) < 4.78 is 1.48. The van der Waals surface area contributed by atoms with Crippen LogP contribution >= 0.6 is 31.9 Å². The zero-order chi connectivity index (χ0) is 12.3. The van der Waals surface area contributed by atoms with Gasteiger partial charge in [-0.1, -0.05) is 19.3 Å². The monoisotopic (exact) mass is 361 g/mol. The topological polar surface area (TPSA) is 32.3 Å². The molecule has 0 amide bonds. The number of nitrogens with one attached hydrogen (secondary N) is 1. The van der Waals surface area contributed by atoms with Gasteiger partial charge in [0.1, 0.15) is 5.75 Å². The van der Waals surface area contributed by atoms with Crippen LogP contribution in [0.5, 0.6) is 5.75 Å². The molecule has 0 aliphatic heterocycles. The smallest absolute Gasteiger partial charge is 0.143 e. The Morgan fingerprint density at radius 2 is 1.88 bits per heavy atom. The molecule has 1 aliphatic rings. The Bertz CT molecular complexity index is 368. The summed E-state index contributed by atoms with van der Waals surface area (Å²) in [7, 11) is 0. The van der Waals surface area contributed by atoms with Crippen molar-refractivity contribution < 1.29 is 5.11 Å². The van der Waals surface area contributed by atoms with Crippen molar-refractivity contribution in [2.45, 2.75) is 32.2 Å². The van der Waals surface area contributed by atoms with Gasteiger partial charge in [-0.25, -0.2) is 0 Å². The van der Waals surface area contributed by atoms with E-state index in [2.05, 4.69) is 37.2 Å². The first-order chi connectivity index (χ1) is 8.16. The van der Waals surface area contributed by atoms with E-state index in [0.717, 1.165) is 28.0 Å². The molecule has 2 rings (SSSR count). The molecule has 0 saturated heterocycles. The van der Waals surface area contributed by atoms with Crippen molar-refractivity contribution in [1.82, 2.24) is 5.32 Å². The van der Waals surface area contributed by atoms with Gasteiger partial charge in [0, 0.05) is 6.54 Å². The van der Waals surface area contributed by atoms with Crippen LogP contribution in [0.1, 0.15) is 31.2 Å². The second kappa shape index (κ2) is 6.21. The molecule has 2 N–H and O–H groups in total. The van der Waals surface area contributed by atoms with Crippen molar-refractivity contribution in [1.29, 1.82) is 0 Å². The zero-order valence-corrected chi connectivity index (χ0v) is 12.8. The predicted molar refractivity (Wildman–Crippen MR) is 77.2 cm³/mol. The lowest BCUT2D eigenvalue weighted by Crippen LogP contribution is -2.21. The molecule has 1 aliphatic carbocycles. The molecule has 0 radical (unpaired) electrons. The molecule has 0 spiro atoms. The zero-order valence-electron chi connectivity index (χ0n) is 9.68. The maximum Gasteiger partial charge on any atom is 0.143 e. The first-order valence-electron chi connectivity index (χ1n) is 6.04. The fraction of sp³-hybridized carbons (Fsp3) is 0.538. The van der Waals surface area contributed by atoms with Crippen molar-refractivity contribution in [3.05, 3.63) is 26.6 Å². The third-order valence-corrected chi connectivity index (χ3v) is 4.57. The van der Waals surface area contributed by atoms with E-state index in [0.29, 0.717) is 0 Å². The number of phenolic OH excluding ortho intramolecular Hbond substituents is 1. The Hall–Kier alpha value is -0.0600. The Kier molecular flexibility index (Phi) is 4.88. The van der Waals surface area contributed by atoms with Crippen molar-refractivity contribution in [3.8, 4) is 5.75 Å². The molecule has 4 heteroatoms. The van der Waals surface area contributed by atoms with Gasteiger partial charge in [0.15, 0.2) is 0 Å². The van der Waals surface area contributed by atoms with Crippen molar-refractivity contribution in [2.24, 2.45) is 5.92 Å². The number of hydrogen-bond acceptors (Lipinski definition) is 2. The molecule has 0 unspecified atom stereocenters. The third kappa shape index (κ3) is 3.70. The highest BCUT2D eigenvalue weighted by molar-refractivity contribution is 9.11. The van der Waals surface area contributed by atoms with Gasteiger partial charge in [-0.05, 0) is 68.4 Å². The summed E-state index contributed by atoms with van der Waals surface area (Å²) >= 11 is 6.68. The molecule has 94 valence electrons. The predicted octanol–water partition coefficient (Wildman–Crippen LogP) is 4.20. The van der Waals surface area contributed by atoms with E-state index >= 15 is 0 Å². The average molecular weight is 363 g/mol. The number of halogens is 2. The maximum absolute atomic E-state index is 9.60. The number of phenols is 1. The van der Waals surface area contributed by atoms with Gasteiger partial charge < -0.3 is 10.4 Å². The van der Waals surface area contributed by atoms with Crippen LogP contribution in [0.3, 0.4) is 0 Å². The van der Waals surface area contributed by atoms with Crippen LogP contribution in [0.4, 0.5) is 0 Å². The molecule has 0 aromatic heterocycles. The van der Waals surface area contributed by atoms with Gasteiger partial charge in [-0.15, -0.1) is 0 Å². The molecule has 1 saturated carbocycles. The largest absolute Gasteiger partial charge is 0.506 e. The van der Waals surface area contributed by atoms with Crippen LogP contribution in [0.25, 0.3) is 0 Å². The summed E-state index contributed by atoms with van der Waals surface area (Å²) in [6.07, 6.45) is 5.54. The Morgan fingerprint density at radius 1 is 1.24 bits per heavy atom. The van der Waals surface area contributed by atoms with Crippen LogP contribution in [0, 0.1) is 5.92 Å². The van der Waals surface area contributed by atoms with Gasteiger partial charge in [0.05, 0.1) is 8.95 Å². The molecule has 0 heterocycles. The molecule has 2 nitrogen and oxygen atoms in total. The number of benzene rings is 1. The van der Waals surface area contributed by atoms with E-state index in [4.69, 9.17) is 0 Å². The minimum atomic E-state index is 0.267. The molecular weight excluding hydrogens is 346 g/mol. The first kappa shape index (κ1) is 13.4. The minimum Gasteiger partial charge on any atom is -0.506 e. The lowest BCUT2D eigenvalue weighted by atomic mass is 9.83. The van der Waals surface area contributed by atoms with E-state index in [9.17, 15) is 5.11 Å². The van der Waals surface area contributed by atoms with Crippen LogP contribution in [0.2, 0.25) is 0 Å². The van der Waals surface area contributed by atoms with Crippen LogP contribution in [0.15, 0.2) is 21.1 Å². The van der Waals surface area contributed by atoms with Gasteiger partial charge in [-0.3, -0.25) is 0 Å². The molecule has 1 aromatic rings. The van der Waals surface area contributed by atoms with E-state index in [1.165, 1.54) is 31.2 Å². The highest BCUT2D eigenvalue weighted by Gasteiger charge is 2.16. The van der Waals surface area contributed by atoms with E-state index in [-0.39, 0.29) is 5.75 Å². The summed E-state index contributed by atoms with van der Waals surface area (Å²) in [5.74, 6) is 1.23. The van der Waals surface area contributed by atoms with Crippen molar-refractivity contribution >= 4 is 31.9 Å². The SMILES string of the molecule is Oc1c(Br)cc(CNCCC2CCC2)cc1Br. The van der Waals surface area contributed by atoms with Gasteiger partial charge in [0.25, 0.3) is 0 Å². The standard InChI is InChI=1S/C13H17Br2NO/c14-11-6-10(7-12(15)13(11)17)8-16-5-4-9-2-1-3-9/h6-7,9,16-17H,1-5,8H2. The maximum atomic E-state index is 9.60. The average Bonchev–Trinajstić information content (AvgIpc) is 2.23. The Morgan fingerprint density at radius 3 is 2.41 bits per heavy atom. The first-order valence-corrected chi connectivity index (χ1v) is 7.63. The fourth-order valence-corrected chi connectivity index (χ4v) is 3.32. The van der Waals surface area contributed by atoms with Crippen LogP contribution in [-0.4, -0.2) is 11.7 Å². The summed E-state index contributed by atoms with van der Waals surface area (Å²) in [5.41, 5.74) is 1.18. The second-order valence-electron chi connectivity index (χ2n) is 4.67. The summed E-state index contributed by atoms with van der Waals surface area (Å²) in [6.45, 7) is 1.94. The van der Waals surface area contributed by atoms with Crippen molar-refractivity contribution in [3.63, 3.8) is 0 Å². The normalized spacial score (nSPS) is 15.9. The summed E-state index contributed by atoms with van der Waals surface area (Å²) in [6, 6.07) is 3.91. The third-order valence-electron chi connectivity index (χ3n) is 3.36. The fourth-order valence-electron chi connectivity index (χ4n) is 2.04. The number of aromatic hydroxyl groups is 1. The summed E-state index contributed by atoms with van der Waals surface area (Å²) in [5, 5.41) is 13.1. The van der Waals surface area contributed by atoms with E-state index < -0.39 is 0 Å². The van der Waals surface area contributed by atoms with Crippen LogP contribution < -0.4 is 5.32 Å². The van der Waals surface area contributed by atoms with Gasteiger partial charge >= 0.3 is 0 Å². The molecule has 1 fully saturated rings. The van der Waals surface area contributed by atoms with Gasteiger partial charge in [0.2, 0.25) is 0 Å². The molecule has 0 atom stereocenters. The van der Waals surface area contributed by atoms with Crippen LogP contribution in [-0.2, 0) is 6.54 Å². The quantitative estimate of drug-likeness (QED) is 0.769. The molecular formula is C13H17Br2NO. The number of hydrogen-bond donors (Lipinski definition) is 2. The molecule has 0 bridgehead atoms. The Labute approximate surface area is 119 Å². The number of rotatable bonds is 5. The Balaban J connectivity index is 1.78. The molecule has 17 heavy (non-hydrogen) atoms. The minimum absolute atomic E-state index is 0.267. The van der Waals surface area contributed by atoms with E-state index in [1.807, 2.05) is 12.1 Å². The van der Waals surface area contributed by atoms with E-state index in [1.54, 1.807) is 0 Å². The van der Waals surface area contributed by atoms with Gasteiger partial charge in [-0.2, -0.15) is 0 Å². The lowest BCUT2D eigenvalue weighted by molar-refractivity contribution is 0.292. The highest BCUT2D eigenvalue weighted by Crippen LogP contribution is 2.33. The second-order valence-corrected chi connectivity index (χ2v) is 6.38. The summed E-state index contributed by atoms with van der Waals surface area (Å²) in [4.78, 5) is 0. The van der Waals surface area contributed by atoms with Crippen molar-refractivity contribution in [2.75, 3.05) is 6.54 Å². The lowest BCUT2D eigenvalue weighted by Gasteiger charge is -2.25. The highest BCUT2D eigenvalue weighted by atomic mass is 79.9. The molecule has 1 aromatic carbocycles.